The Labute approximate surface area is 94.9 Å². The first-order valence-electron chi connectivity index (χ1n) is 4.35. The molecule has 0 bridgehead atoms. The van der Waals surface area contributed by atoms with Gasteiger partial charge in [-0.1, -0.05) is 0 Å². The minimum atomic E-state index is -0.971. The van der Waals surface area contributed by atoms with Crippen molar-refractivity contribution in [2.24, 2.45) is 11.1 Å². The van der Waals surface area contributed by atoms with Crippen molar-refractivity contribution in [1.82, 2.24) is 4.98 Å². The van der Waals surface area contributed by atoms with Crippen LogP contribution >= 0.6 is 12.4 Å². The zero-order chi connectivity index (χ0) is 10.8. The molecular formula is C10H15ClN2O2. The summed E-state index contributed by atoms with van der Waals surface area (Å²) in [6.45, 7) is 3.22. The first-order valence-corrected chi connectivity index (χ1v) is 4.35. The van der Waals surface area contributed by atoms with E-state index in [1.165, 1.54) is 0 Å². The number of halogens is 1. The molecule has 0 amide bonds. The van der Waals surface area contributed by atoms with Crippen LogP contribution in [0.5, 0.6) is 0 Å². The summed E-state index contributed by atoms with van der Waals surface area (Å²) >= 11 is 0. The Hall–Kier alpha value is -1.13. The maximum atomic E-state index is 10.9. The van der Waals surface area contributed by atoms with E-state index in [1.54, 1.807) is 38.4 Å². The lowest BCUT2D eigenvalue weighted by atomic mass is 9.81. The van der Waals surface area contributed by atoms with Gasteiger partial charge in [0.15, 0.2) is 0 Å². The number of hydrogen-bond acceptors (Lipinski definition) is 3. The highest BCUT2D eigenvalue weighted by atomic mass is 35.5. The van der Waals surface area contributed by atoms with E-state index in [1.807, 2.05) is 0 Å². The van der Waals surface area contributed by atoms with E-state index in [9.17, 15) is 4.79 Å². The quantitative estimate of drug-likeness (QED) is 0.827. The summed E-state index contributed by atoms with van der Waals surface area (Å²) < 4.78 is 0. The zero-order valence-corrected chi connectivity index (χ0v) is 9.49. The summed E-state index contributed by atoms with van der Waals surface area (Å²) in [4.78, 5) is 14.8. The molecule has 1 aromatic heterocycles. The standard InChI is InChI=1S/C10H14N2O2.ClH/c1-10(2,9(13)14)8(11)7-3-5-12-6-4-7;/h3-6,8H,11H2,1-2H3,(H,13,14);1H. The third-order valence-corrected chi connectivity index (χ3v) is 2.39. The predicted octanol–water partition coefficient (Wildman–Crippen LogP) is 1.61. The van der Waals surface area contributed by atoms with Gasteiger partial charge in [-0.15, -0.1) is 12.4 Å². The molecule has 1 aromatic rings. The number of nitrogens with two attached hydrogens (primary N) is 1. The van der Waals surface area contributed by atoms with Crippen LogP contribution in [-0.4, -0.2) is 16.1 Å². The van der Waals surface area contributed by atoms with E-state index in [4.69, 9.17) is 10.8 Å². The molecule has 0 aliphatic rings. The molecular weight excluding hydrogens is 216 g/mol. The molecule has 3 N–H and O–H groups in total. The number of pyridine rings is 1. The van der Waals surface area contributed by atoms with Gasteiger partial charge in [-0.25, -0.2) is 0 Å². The van der Waals surface area contributed by atoms with Gasteiger partial charge in [-0.3, -0.25) is 9.78 Å². The van der Waals surface area contributed by atoms with E-state index >= 15 is 0 Å². The summed E-state index contributed by atoms with van der Waals surface area (Å²) in [7, 11) is 0. The van der Waals surface area contributed by atoms with E-state index in [-0.39, 0.29) is 12.4 Å². The van der Waals surface area contributed by atoms with Crippen molar-refractivity contribution in [3.63, 3.8) is 0 Å². The van der Waals surface area contributed by atoms with Crippen molar-refractivity contribution >= 4 is 18.4 Å². The molecule has 4 nitrogen and oxygen atoms in total. The van der Waals surface area contributed by atoms with Gasteiger partial charge >= 0.3 is 5.97 Å². The van der Waals surface area contributed by atoms with Crippen LogP contribution in [-0.2, 0) is 4.79 Å². The lowest BCUT2D eigenvalue weighted by molar-refractivity contribution is -0.148. The SMILES string of the molecule is CC(C)(C(=O)O)C(N)c1ccncc1.Cl. The average Bonchev–Trinajstić information content (AvgIpc) is 2.17. The second kappa shape index (κ2) is 5.09. The maximum absolute atomic E-state index is 10.9. The van der Waals surface area contributed by atoms with Gasteiger partial charge in [0.1, 0.15) is 0 Å². The Balaban J connectivity index is 0.00000196. The minimum Gasteiger partial charge on any atom is -0.481 e. The Morgan fingerprint density at radius 2 is 1.93 bits per heavy atom. The molecule has 0 aliphatic carbocycles. The number of hydrogen-bond donors (Lipinski definition) is 2. The third kappa shape index (κ3) is 2.91. The first-order chi connectivity index (χ1) is 6.46. The van der Waals surface area contributed by atoms with Crippen LogP contribution in [0.25, 0.3) is 0 Å². The smallest absolute Gasteiger partial charge is 0.311 e. The van der Waals surface area contributed by atoms with Crippen molar-refractivity contribution in [3.05, 3.63) is 30.1 Å². The first kappa shape index (κ1) is 13.9. The molecule has 84 valence electrons. The highest BCUT2D eigenvalue weighted by Crippen LogP contribution is 2.30. The Morgan fingerprint density at radius 1 is 1.47 bits per heavy atom. The summed E-state index contributed by atoms with van der Waals surface area (Å²) in [5, 5.41) is 8.98. The number of rotatable bonds is 3. The van der Waals surface area contributed by atoms with E-state index < -0.39 is 17.4 Å². The van der Waals surface area contributed by atoms with E-state index in [0.29, 0.717) is 0 Å². The molecule has 0 fully saturated rings. The molecule has 1 heterocycles. The topological polar surface area (TPSA) is 76.2 Å². The normalized spacial score (nSPS) is 12.7. The average molecular weight is 231 g/mol. The molecule has 5 heteroatoms. The molecule has 0 radical (unpaired) electrons. The van der Waals surface area contributed by atoms with Gasteiger partial charge in [0.05, 0.1) is 5.41 Å². The molecule has 0 spiro atoms. The van der Waals surface area contributed by atoms with Gasteiger partial charge < -0.3 is 10.8 Å². The fraction of sp³-hybridized carbons (Fsp3) is 0.400. The summed E-state index contributed by atoms with van der Waals surface area (Å²) in [5.74, 6) is -0.901. The van der Waals surface area contributed by atoms with Gasteiger partial charge in [-0.05, 0) is 31.5 Å². The van der Waals surface area contributed by atoms with Crippen LogP contribution in [0.4, 0.5) is 0 Å². The van der Waals surface area contributed by atoms with Crippen molar-refractivity contribution < 1.29 is 9.90 Å². The number of carbonyl (C=O) groups is 1. The van der Waals surface area contributed by atoms with Crippen molar-refractivity contribution in [1.29, 1.82) is 0 Å². The Bertz CT molecular complexity index is 327. The Morgan fingerprint density at radius 3 is 2.33 bits per heavy atom. The number of carboxylic acids is 1. The van der Waals surface area contributed by atoms with Crippen LogP contribution in [0.1, 0.15) is 25.5 Å². The lowest BCUT2D eigenvalue weighted by Gasteiger charge is -2.27. The molecule has 0 aliphatic heterocycles. The molecule has 1 rings (SSSR count). The van der Waals surface area contributed by atoms with Gasteiger partial charge in [0, 0.05) is 18.4 Å². The van der Waals surface area contributed by atoms with Crippen molar-refractivity contribution in [3.8, 4) is 0 Å². The fourth-order valence-electron chi connectivity index (χ4n) is 1.12. The molecule has 1 unspecified atom stereocenters. The van der Waals surface area contributed by atoms with Crippen LogP contribution in [0.2, 0.25) is 0 Å². The summed E-state index contributed by atoms with van der Waals surface area (Å²) in [6.07, 6.45) is 3.21. The predicted molar refractivity (Wildman–Crippen MR) is 59.8 cm³/mol. The van der Waals surface area contributed by atoms with Crippen LogP contribution in [0.3, 0.4) is 0 Å². The number of aliphatic carboxylic acids is 1. The second-order valence-electron chi connectivity index (χ2n) is 3.79. The van der Waals surface area contributed by atoms with Crippen molar-refractivity contribution in [2.75, 3.05) is 0 Å². The van der Waals surface area contributed by atoms with Crippen LogP contribution in [0, 0.1) is 5.41 Å². The third-order valence-electron chi connectivity index (χ3n) is 2.39. The van der Waals surface area contributed by atoms with Crippen LogP contribution < -0.4 is 5.73 Å². The van der Waals surface area contributed by atoms with Gasteiger partial charge in [0.2, 0.25) is 0 Å². The summed E-state index contributed by atoms with van der Waals surface area (Å²) in [5.41, 5.74) is 5.68. The minimum absolute atomic E-state index is 0. The molecule has 15 heavy (non-hydrogen) atoms. The van der Waals surface area contributed by atoms with Crippen LogP contribution in [0.15, 0.2) is 24.5 Å². The van der Waals surface area contributed by atoms with Crippen molar-refractivity contribution in [2.45, 2.75) is 19.9 Å². The van der Waals surface area contributed by atoms with E-state index in [2.05, 4.69) is 4.98 Å². The number of carboxylic acid groups (broad SMARTS) is 1. The highest BCUT2D eigenvalue weighted by molar-refractivity contribution is 5.85. The molecule has 0 saturated carbocycles. The zero-order valence-electron chi connectivity index (χ0n) is 8.68. The van der Waals surface area contributed by atoms with Gasteiger partial charge in [0.25, 0.3) is 0 Å². The largest absolute Gasteiger partial charge is 0.481 e. The molecule has 0 saturated heterocycles. The monoisotopic (exact) mass is 230 g/mol. The number of aromatic nitrogens is 1. The summed E-state index contributed by atoms with van der Waals surface area (Å²) in [6, 6.07) is 2.94. The maximum Gasteiger partial charge on any atom is 0.311 e. The lowest BCUT2D eigenvalue weighted by Crippen LogP contribution is -2.36. The highest BCUT2D eigenvalue weighted by Gasteiger charge is 2.35. The molecule has 0 aromatic carbocycles. The van der Waals surface area contributed by atoms with E-state index in [0.717, 1.165) is 5.56 Å². The van der Waals surface area contributed by atoms with Gasteiger partial charge in [-0.2, -0.15) is 0 Å². The molecule has 1 atom stereocenters. The fourth-order valence-corrected chi connectivity index (χ4v) is 1.12. The Kier molecular flexibility index (Phi) is 4.71. The second-order valence-corrected chi connectivity index (χ2v) is 3.79. The number of nitrogens with zero attached hydrogens (tertiary/aromatic N) is 1.